The van der Waals surface area contributed by atoms with Crippen molar-refractivity contribution in [1.82, 2.24) is 10.6 Å². The molecule has 1 aliphatic heterocycles. The van der Waals surface area contributed by atoms with Crippen molar-refractivity contribution in [3.8, 4) is 0 Å². The molecule has 2 fully saturated rings. The molecule has 2 aliphatic rings. The molecule has 3 rings (SSSR count). The number of carbonyl (C=O) groups excluding carboxylic acids is 1. The first-order chi connectivity index (χ1) is 12.9. The molecule has 1 spiro atoms. The van der Waals surface area contributed by atoms with E-state index in [0.717, 1.165) is 31.2 Å². The Balaban J connectivity index is 1.51. The van der Waals surface area contributed by atoms with Crippen molar-refractivity contribution in [2.24, 2.45) is 5.41 Å². The van der Waals surface area contributed by atoms with Gasteiger partial charge in [-0.3, -0.25) is 4.79 Å². The summed E-state index contributed by atoms with van der Waals surface area (Å²) in [5.41, 5.74) is 0.690. The monoisotopic (exact) mass is 376 g/mol. The van der Waals surface area contributed by atoms with Gasteiger partial charge in [-0.05, 0) is 18.4 Å². The highest BCUT2D eigenvalue weighted by molar-refractivity contribution is 5.78. The maximum absolute atomic E-state index is 12.5. The lowest BCUT2D eigenvalue weighted by Gasteiger charge is -2.36. The van der Waals surface area contributed by atoms with Gasteiger partial charge in [-0.2, -0.15) is 0 Å². The molecule has 0 radical (unpaired) electrons. The first-order valence-electron chi connectivity index (χ1n) is 9.91. The van der Waals surface area contributed by atoms with Crippen LogP contribution in [0, 0.1) is 5.41 Å². The summed E-state index contributed by atoms with van der Waals surface area (Å²) in [7, 11) is 0. The van der Waals surface area contributed by atoms with Crippen LogP contribution < -0.4 is 10.6 Å². The molecular formula is C21H32N2O4. The minimum absolute atomic E-state index is 0.0149. The zero-order valence-corrected chi connectivity index (χ0v) is 16.4. The molecule has 0 bridgehead atoms. The molecule has 1 saturated heterocycles. The second-order valence-corrected chi connectivity index (χ2v) is 8.32. The summed E-state index contributed by atoms with van der Waals surface area (Å²) in [5, 5.41) is 16.3. The smallest absolute Gasteiger partial charge is 0.234 e. The van der Waals surface area contributed by atoms with Gasteiger partial charge >= 0.3 is 0 Å². The zero-order valence-electron chi connectivity index (χ0n) is 16.4. The highest BCUT2D eigenvalue weighted by atomic mass is 16.7. The SMILES string of the molecule is CC(C)(CO)C(NCC(=O)NC1CCC2(CC1)OCCO2)c1ccccc1. The highest BCUT2D eigenvalue weighted by Crippen LogP contribution is 2.36. The predicted octanol–water partition coefficient (Wildman–Crippen LogP) is 2.14. The van der Waals surface area contributed by atoms with Gasteiger partial charge in [0.05, 0.1) is 19.8 Å². The van der Waals surface area contributed by atoms with Crippen molar-refractivity contribution >= 4 is 5.91 Å². The summed E-state index contributed by atoms with van der Waals surface area (Å²) in [5.74, 6) is -0.415. The number of ether oxygens (including phenoxy) is 2. The fraction of sp³-hybridized carbons (Fsp3) is 0.667. The largest absolute Gasteiger partial charge is 0.396 e. The first kappa shape index (κ1) is 20.3. The fourth-order valence-electron chi connectivity index (χ4n) is 4.04. The second kappa shape index (κ2) is 8.69. The van der Waals surface area contributed by atoms with Gasteiger partial charge in [-0.15, -0.1) is 0 Å². The molecule has 27 heavy (non-hydrogen) atoms. The van der Waals surface area contributed by atoms with Crippen LogP contribution in [-0.2, 0) is 14.3 Å². The van der Waals surface area contributed by atoms with E-state index in [4.69, 9.17) is 9.47 Å². The predicted molar refractivity (Wildman–Crippen MR) is 103 cm³/mol. The Kier molecular flexibility index (Phi) is 6.52. The molecule has 6 nitrogen and oxygen atoms in total. The minimum atomic E-state index is -0.400. The van der Waals surface area contributed by atoms with Gasteiger partial charge in [0.25, 0.3) is 0 Å². The first-order valence-corrected chi connectivity index (χ1v) is 9.91. The highest BCUT2D eigenvalue weighted by Gasteiger charge is 2.40. The van der Waals surface area contributed by atoms with Crippen molar-refractivity contribution in [3.05, 3.63) is 35.9 Å². The van der Waals surface area contributed by atoms with E-state index in [1.165, 1.54) is 0 Å². The van der Waals surface area contributed by atoms with E-state index in [9.17, 15) is 9.90 Å². The van der Waals surface area contributed by atoms with Crippen molar-refractivity contribution < 1.29 is 19.4 Å². The van der Waals surface area contributed by atoms with Gasteiger partial charge in [-0.25, -0.2) is 0 Å². The molecule has 0 aromatic heterocycles. The average Bonchev–Trinajstić information content (AvgIpc) is 3.13. The lowest BCUT2D eigenvalue weighted by atomic mass is 9.81. The van der Waals surface area contributed by atoms with Crippen LogP contribution in [0.25, 0.3) is 0 Å². The zero-order chi connectivity index (χ0) is 19.3. The summed E-state index contributed by atoms with van der Waals surface area (Å²) in [4.78, 5) is 12.5. The fourth-order valence-corrected chi connectivity index (χ4v) is 4.04. The second-order valence-electron chi connectivity index (χ2n) is 8.32. The molecule has 1 aliphatic carbocycles. The van der Waals surface area contributed by atoms with Crippen molar-refractivity contribution in [1.29, 1.82) is 0 Å². The number of rotatable bonds is 7. The third-order valence-corrected chi connectivity index (χ3v) is 5.71. The Bertz CT molecular complexity index is 604. The lowest BCUT2D eigenvalue weighted by Crippen LogP contribution is -2.47. The number of benzene rings is 1. The molecule has 1 atom stereocenters. The van der Waals surface area contributed by atoms with E-state index in [1.54, 1.807) is 0 Å². The summed E-state index contributed by atoms with van der Waals surface area (Å²) < 4.78 is 11.5. The number of amides is 1. The van der Waals surface area contributed by atoms with E-state index in [-0.39, 0.29) is 36.6 Å². The Morgan fingerprint density at radius 2 is 1.85 bits per heavy atom. The quantitative estimate of drug-likeness (QED) is 0.679. The number of hydrogen-bond donors (Lipinski definition) is 3. The van der Waals surface area contributed by atoms with Crippen LogP contribution in [0.3, 0.4) is 0 Å². The van der Waals surface area contributed by atoms with Crippen LogP contribution in [0.5, 0.6) is 0 Å². The van der Waals surface area contributed by atoms with E-state index in [2.05, 4.69) is 10.6 Å². The summed E-state index contributed by atoms with van der Waals surface area (Å²) >= 11 is 0. The normalized spacial score (nSPS) is 21.3. The van der Waals surface area contributed by atoms with Gasteiger partial charge in [0.2, 0.25) is 5.91 Å². The van der Waals surface area contributed by atoms with Crippen LogP contribution in [0.2, 0.25) is 0 Å². The Labute approximate surface area is 161 Å². The number of hydrogen-bond acceptors (Lipinski definition) is 5. The molecule has 150 valence electrons. The molecular weight excluding hydrogens is 344 g/mol. The van der Waals surface area contributed by atoms with Crippen LogP contribution in [0.4, 0.5) is 0 Å². The van der Waals surface area contributed by atoms with Gasteiger partial charge in [0, 0.05) is 36.9 Å². The number of nitrogens with one attached hydrogen (secondary N) is 2. The van der Waals surface area contributed by atoms with Crippen molar-refractivity contribution in [3.63, 3.8) is 0 Å². The summed E-state index contributed by atoms with van der Waals surface area (Å²) in [6, 6.07) is 10.0. The Morgan fingerprint density at radius 1 is 1.22 bits per heavy atom. The van der Waals surface area contributed by atoms with Gasteiger partial charge in [-0.1, -0.05) is 44.2 Å². The van der Waals surface area contributed by atoms with E-state index in [0.29, 0.717) is 13.2 Å². The Morgan fingerprint density at radius 3 is 2.44 bits per heavy atom. The van der Waals surface area contributed by atoms with E-state index < -0.39 is 5.79 Å². The van der Waals surface area contributed by atoms with Crippen LogP contribution in [0.1, 0.15) is 51.1 Å². The third kappa shape index (κ3) is 5.08. The molecule has 1 aromatic carbocycles. The lowest BCUT2D eigenvalue weighted by molar-refractivity contribution is -0.180. The molecule has 1 aromatic rings. The van der Waals surface area contributed by atoms with Crippen LogP contribution >= 0.6 is 0 Å². The maximum Gasteiger partial charge on any atom is 0.234 e. The van der Waals surface area contributed by atoms with Crippen molar-refractivity contribution in [2.45, 2.75) is 57.4 Å². The molecule has 6 heteroatoms. The van der Waals surface area contributed by atoms with Crippen LogP contribution in [-0.4, -0.2) is 49.2 Å². The third-order valence-electron chi connectivity index (χ3n) is 5.71. The maximum atomic E-state index is 12.5. The van der Waals surface area contributed by atoms with Crippen LogP contribution in [0.15, 0.2) is 30.3 Å². The molecule has 1 heterocycles. The van der Waals surface area contributed by atoms with Gasteiger partial charge in [0.15, 0.2) is 5.79 Å². The number of aliphatic hydroxyl groups is 1. The Hall–Kier alpha value is -1.47. The number of aliphatic hydroxyl groups excluding tert-OH is 1. The topological polar surface area (TPSA) is 79.8 Å². The standard InChI is InChI=1S/C21H32N2O4/c1-20(2,15-24)19(16-6-4-3-5-7-16)22-14-18(25)23-17-8-10-21(11-9-17)26-12-13-27-21/h3-7,17,19,22,24H,8-15H2,1-2H3,(H,23,25). The molecule has 1 saturated carbocycles. The minimum Gasteiger partial charge on any atom is -0.396 e. The van der Waals surface area contributed by atoms with E-state index in [1.807, 2.05) is 44.2 Å². The number of carbonyl (C=O) groups is 1. The summed E-state index contributed by atoms with van der Waals surface area (Å²) in [6.07, 6.45) is 3.40. The summed E-state index contributed by atoms with van der Waals surface area (Å²) in [6.45, 7) is 5.59. The van der Waals surface area contributed by atoms with Crippen molar-refractivity contribution in [2.75, 3.05) is 26.4 Å². The van der Waals surface area contributed by atoms with Gasteiger partial charge in [0.1, 0.15) is 0 Å². The van der Waals surface area contributed by atoms with E-state index >= 15 is 0 Å². The average molecular weight is 376 g/mol. The molecule has 1 unspecified atom stereocenters. The van der Waals surface area contributed by atoms with Gasteiger partial charge < -0.3 is 25.2 Å². The molecule has 3 N–H and O–H groups in total. The molecule has 1 amide bonds.